The summed E-state index contributed by atoms with van der Waals surface area (Å²) < 4.78 is 36.2. The summed E-state index contributed by atoms with van der Waals surface area (Å²) in [5, 5.41) is 8.83. The maximum Gasteiger partial charge on any atom is 0.407 e. The quantitative estimate of drug-likeness (QED) is 0.633. The summed E-state index contributed by atoms with van der Waals surface area (Å²) >= 11 is 0. The summed E-state index contributed by atoms with van der Waals surface area (Å²) in [6.07, 6.45) is -4.64. The molecule has 0 aliphatic heterocycles. The molecule has 14 heavy (non-hydrogen) atoms. The third-order valence-corrected chi connectivity index (χ3v) is 1.56. The van der Waals surface area contributed by atoms with E-state index in [1.807, 2.05) is 4.98 Å². The second-order valence-corrected chi connectivity index (χ2v) is 2.68. The lowest BCUT2D eigenvalue weighted by molar-refractivity contribution is -0.149. The van der Waals surface area contributed by atoms with E-state index < -0.39 is 29.2 Å². The molecule has 4 N–H and O–H groups in total. The smallest absolute Gasteiger partial charge is 0.407 e. The zero-order valence-corrected chi connectivity index (χ0v) is 6.80. The van der Waals surface area contributed by atoms with E-state index in [1.165, 1.54) is 0 Å². The Balaban J connectivity index is 3.14. The molecule has 4 nitrogen and oxygen atoms in total. The van der Waals surface area contributed by atoms with Gasteiger partial charge in [0, 0.05) is 12.1 Å². The molecule has 0 aromatic carbocycles. The first-order chi connectivity index (χ1) is 6.30. The fourth-order valence-corrected chi connectivity index (χ4v) is 0.918. The van der Waals surface area contributed by atoms with Gasteiger partial charge in [0.1, 0.15) is 6.04 Å². The Morgan fingerprint density at radius 3 is 2.43 bits per heavy atom. The first kappa shape index (κ1) is 10.6. The number of hydrogen-bond acceptors (Lipinski definition) is 3. The van der Waals surface area contributed by atoms with Crippen molar-refractivity contribution in [1.82, 2.24) is 4.98 Å². The van der Waals surface area contributed by atoms with Crippen LogP contribution in [0.1, 0.15) is 11.6 Å². The standard InChI is InChI=1S/C7H7F3N2O2/c8-7(9,10)6(11)3-1-4(13)12-5(14)2-3/h1-2,6H,11H2,(H2,12,13,14)/t6-/m0/s1. The second-order valence-electron chi connectivity index (χ2n) is 2.68. The van der Waals surface area contributed by atoms with Gasteiger partial charge in [0.2, 0.25) is 0 Å². The van der Waals surface area contributed by atoms with Crippen molar-refractivity contribution in [1.29, 1.82) is 0 Å². The van der Waals surface area contributed by atoms with E-state index in [0.717, 1.165) is 6.07 Å². The molecule has 0 radical (unpaired) electrons. The molecular formula is C7H7F3N2O2. The van der Waals surface area contributed by atoms with E-state index >= 15 is 0 Å². The molecule has 1 heterocycles. The number of halogens is 3. The van der Waals surface area contributed by atoms with Gasteiger partial charge < -0.3 is 10.8 Å². The van der Waals surface area contributed by atoms with Gasteiger partial charge in [-0.1, -0.05) is 0 Å². The van der Waals surface area contributed by atoms with Gasteiger partial charge in [-0.25, -0.2) is 0 Å². The third-order valence-electron chi connectivity index (χ3n) is 1.56. The average Bonchev–Trinajstić information content (AvgIpc) is 1.99. The number of nitrogens with two attached hydrogens (primary N) is 1. The molecule has 1 rings (SSSR count). The third kappa shape index (κ3) is 2.25. The van der Waals surface area contributed by atoms with Gasteiger partial charge in [-0.05, 0) is 5.56 Å². The van der Waals surface area contributed by atoms with Gasteiger partial charge in [-0.3, -0.25) is 9.78 Å². The second kappa shape index (κ2) is 3.33. The predicted molar refractivity (Wildman–Crippen MR) is 41.7 cm³/mol. The SMILES string of the molecule is N[C@@H](c1cc(O)[nH]c(=O)c1)C(F)(F)F. The molecule has 78 valence electrons. The summed E-state index contributed by atoms with van der Waals surface area (Å²) in [5.41, 5.74) is 3.51. The van der Waals surface area contributed by atoms with Crippen LogP contribution < -0.4 is 11.3 Å². The zero-order chi connectivity index (χ0) is 10.9. The molecule has 1 aromatic rings. The summed E-state index contributed by atoms with van der Waals surface area (Å²) in [4.78, 5) is 12.6. The summed E-state index contributed by atoms with van der Waals surface area (Å²) in [6, 6.07) is -0.812. The van der Waals surface area contributed by atoms with E-state index in [9.17, 15) is 18.0 Å². The van der Waals surface area contributed by atoms with Gasteiger partial charge in [0.15, 0.2) is 5.88 Å². The number of nitrogens with one attached hydrogen (secondary N) is 1. The fraction of sp³-hybridized carbons (Fsp3) is 0.286. The molecule has 0 saturated carbocycles. The maximum absolute atomic E-state index is 12.1. The molecule has 0 spiro atoms. The Bertz CT molecular complexity index is 385. The summed E-state index contributed by atoms with van der Waals surface area (Å²) in [7, 11) is 0. The summed E-state index contributed by atoms with van der Waals surface area (Å²) in [6.45, 7) is 0. The number of rotatable bonds is 1. The first-order valence-corrected chi connectivity index (χ1v) is 3.56. The van der Waals surface area contributed by atoms with Crippen molar-refractivity contribution < 1.29 is 18.3 Å². The molecule has 0 amide bonds. The van der Waals surface area contributed by atoms with Crippen molar-refractivity contribution >= 4 is 0 Å². The van der Waals surface area contributed by atoms with E-state index in [4.69, 9.17) is 10.8 Å². The Morgan fingerprint density at radius 1 is 1.43 bits per heavy atom. The van der Waals surface area contributed by atoms with Crippen LogP contribution in [0.15, 0.2) is 16.9 Å². The van der Waals surface area contributed by atoms with E-state index in [0.29, 0.717) is 6.07 Å². The van der Waals surface area contributed by atoms with Crippen LogP contribution in [0.5, 0.6) is 5.88 Å². The zero-order valence-electron chi connectivity index (χ0n) is 6.80. The highest BCUT2D eigenvalue weighted by molar-refractivity contribution is 5.23. The Morgan fingerprint density at radius 2 is 2.00 bits per heavy atom. The van der Waals surface area contributed by atoms with Gasteiger partial charge in [-0.15, -0.1) is 0 Å². The van der Waals surface area contributed by atoms with Crippen LogP contribution in [0.25, 0.3) is 0 Å². The molecule has 1 aromatic heterocycles. The number of H-pyrrole nitrogens is 1. The monoisotopic (exact) mass is 208 g/mol. The number of aromatic nitrogens is 1. The average molecular weight is 208 g/mol. The number of hydrogen-bond donors (Lipinski definition) is 3. The van der Waals surface area contributed by atoms with E-state index in [-0.39, 0.29) is 0 Å². The van der Waals surface area contributed by atoms with Crippen LogP contribution in [-0.2, 0) is 0 Å². The van der Waals surface area contributed by atoms with Crippen molar-refractivity contribution in [2.75, 3.05) is 0 Å². The minimum atomic E-state index is -4.64. The summed E-state index contributed by atoms with van der Waals surface area (Å²) in [5.74, 6) is -0.646. The van der Waals surface area contributed by atoms with Crippen LogP contribution in [0.3, 0.4) is 0 Å². The molecule has 0 aliphatic rings. The first-order valence-electron chi connectivity index (χ1n) is 3.56. The highest BCUT2D eigenvalue weighted by atomic mass is 19.4. The highest BCUT2D eigenvalue weighted by Gasteiger charge is 2.38. The molecule has 0 bridgehead atoms. The lowest BCUT2D eigenvalue weighted by atomic mass is 10.1. The molecule has 7 heteroatoms. The topological polar surface area (TPSA) is 79.1 Å². The number of alkyl halides is 3. The Kier molecular flexibility index (Phi) is 2.52. The van der Waals surface area contributed by atoms with Crippen molar-refractivity contribution in [2.24, 2.45) is 5.73 Å². The number of aromatic amines is 1. The van der Waals surface area contributed by atoms with Crippen molar-refractivity contribution in [2.45, 2.75) is 12.2 Å². The van der Waals surface area contributed by atoms with Gasteiger partial charge in [-0.2, -0.15) is 13.2 Å². The van der Waals surface area contributed by atoms with Crippen molar-refractivity contribution in [3.05, 3.63) is 28.0 Å². The van der Waals surface area contributed by atoms with Crippen LogP contribution in [0.4, 0.5) is 13.2 Å². The largest absolute Gasteiger partial charge is 0.495 e. The van der Waals surface area contributed by atoms with Crippen molar-refractivity contribution in [3.63, 3.8) is 0 Å². The van der Waals surface area contributed by atoms with Crippen molar-refractivity contribution in [3.8, 4) is 5.88 Å². The number of pyridine rings is 1. The maximum atomic E-state index is 12.1. The number of aromatic hydroxyl groups is 1. The van der Waals surface area contributed by atoms with Gasteiger partial charge in [0.05, 0.1) is 0 Å². The van der Waals surface area contributed by atoms with Gasteiger partial charge >= 0.3 is 6.18 Å². The minimum Gasteiger partial charge on any atom is -0.495 e. The molecular weight excluding hydrogens is 201 g/mol. The van der Waals surface area contributed by atoms with Crippen LogP contribution in [0.2, 0.25) is 0 Å². The van der Waals surface area contributed by atoms with Gasteiger partial charge in [0.25, 0.3) is 5.56 Å². The molecule has 0 aliphatic carbocycles. The molecule has 0 unspecified atom stereocenters. The van der Waals surface area contributed by atoms with Crippen LogP contribution in [-0.4, -0.2) is 16.3 Å². The Labute approximate surface area is 76.2 Å². The van der Waals surface area contributed by atoms with Crippen LogP contribution in [0, 0.1) is 0 Å². The highest BCUT2D eigenvalue weighted by Crippen LogP contribution is 2.30. The predicted octanol–water partition coefficient (Wildman–Crippen LogP) is 0.643. The van der Waals surface area contributed by atoms with E-state index in [1.54, 1.807) is 0 Å². The fourth-order valence-electron chi connectivity index (χ4n) is 0.918. The van der Waals surface area contributed by atoms with Crippen LogP contribution >= 0.6 is 0 Å². The minimum absolute atomic E-state index is 0.473. The normalized spacial score (nSPS) is 14.0. The lowest BCUT2D eigenvalue weighted by Gasteiger charge is -2.15. The Hall–Kier alpha value is -1.50. The van der Waals surface area contributed by atoms with E-state index in [2.05, 4.69) is 0 Å². The molecule has 1 atom stereocenters. The molecule has 0 saturated heterocycles. The lowest BCUT2D eigenvalue weighted by Crippen LogP contribution is -2.29. The molecule has 0 fully saturated rings.